The molecule has 0 aliphatic carbocycles. The molecule has 0 bridgehead atoms. The molecule has 0 radical (unpaired) electrons. The van der Waals surface area contributed by atoms with Crippen molar-refractivity contribution in [2.24, 2.45) is 0 Å². The van der Waals surface area contributed by atoms with E-state index in [0.717, 1.165) is 12.1 Å². The first-order valence-corrected chi connectivity index (χ1v) is 6.25. The molecule has 0 aliphatic heterocycles. The molecule has 112 valence electrons. The van der Waals surface area contributed by atoms with Crippen molar-refractivity contribution in [2.45, 2.75) is 6.18 Å². The molecular weight excluding hydrogens is 297 g/mol. The van der Waals surface area contributed by atoms with Crippen LogP contribution in [0.5, 0.6) is 0 Å². The van der Waals surface area contributed by atoms with Crippen molar-refractivity contribution in [1.82, 2.24) is 9.97 Å². The molecule has 1 heterocycles. The zero-order chi connectivity index (χ0) is 15.9. The molecule has 0 unspecified atom stereocenters. The second kappa shape index (κ2) is 4.87. The van der Waals surface area contributed by atoms with Crippen molar-refractivity contribution in [3.05, 3.63) is 53.6 Å². The lowest BCUT2D eigenvalue weighted by molar-refractivity contribution is -0.137. The highest BCUT2D eigenvalue weighted by atomic mass is 19.4. The normalized spacial score (nSPS) is 11.8. The first kappa shape index (κ1) is 14.1. The molecule has 3 aromatic rings. The number of imidazole rings is 1. The van der Waals surface area contributed by atoms with E-state index in [2.05, 4.69) is 9.97 Å². The third-order valence-electron chi connectivity index (χ3n) is 3.21. The number of halogens is 3. The zero-order valence-corrected chi connectivity index (χ0v) is 11.0. The third-order valence-corrected chi connectivity index (χ3v) is 3.21. The van der Waals surface area contributed by atoms with Crippen molar-refractivity contribution in [1.29, 1.82) is 0 Å². The number of fused-ring (bicyclic) bond motifs is 1. The summed E-state index contributed by atoms with van der Waals surface area (Å²) in [6.07, 6.45) is -4.39. The van der Waals surface area contributed by atoms with Crippen LogP contribution in [0.2, 0.25) is 0 Å². The van der Waals surface area contributed by atoms with Crippen LogP contribution in [0.4, 0.5) is 13.2 Å². The fourth-order valence-electron chi connectivity index (χ4n) is 2.10. The molecule has 7 heteroatoms. The maximum Gasteiger partial charge on any atom is 0.416 e. The highest BCUT2D eigenvalue weighted by molar-refractivity contribution is 5.92. The number of hydrogen-bond donors (Lipinski definition) is 2. The van der Waals surface area contributed by atoms with Gasteiger partial charge >= 0.3 is 12.1 Å². The summed E-state index contributed by atoms with van der Waals surface area (Å²) in [5.74, 6) is -0.682. The number of carbonyl (C=O) groups is 1. The molecule has 1 aromatic heterocycles. The predicted molar refractivity (Wildman–Crippen MR) is 73.5 cm³/mol. The summed E-state index contributed by atoms with van der Waals surface area (Å²) in [5, 5.41) is 8.93. The van der Waals surface area contributed by atoms with Crippen molar-refractivity contribution in [3.8, 4) is 11.4 Å². The van der Waals surface area contributed by atoms with Crippen LogP contribution in [0.25, 0.3) is 22.4 Å². The molecule has 3 rings (SSSR count). The second-order valence-corrected chi connectivity index (χ2v) is 4.70. The predicted octanol–water partition coefficient (Wildman–Crippen LogP) is 3.95. The van der Waals surface area contributed by atoms with Crippen LogP contribution >= 0.6 is 0 Å². The van der Waals surface area contributed by atoms with Gasteiger partial charge < -0.3 is 10.1 Å². The lowest BCUT2D eigenvalue weighted by Gasteiger charge is -2.06. The Bertz CT molecular complexity index is 851. The molecule has 2 aromatic carbocycles. The number of nitrogens with zero attached hydrogens (tertiary/aromatic N) is 1. The Balaban J connectivity index is 2.01. The Morgan fingerprint density at radius 2 is 1.77 bits per heavy atom. The Morgan fingerprint density at radius 1 is 1.09 bits per heavy atom. The fraction of sp³-hybridized carbons (Fsp3) is 0.0667. The number of aromatic carboxylic acids is 1. The van der Waals surface area contributed by atoms with Crippen LogP contribution in [-0.4, -0.2) is 21.0 Å². The number of rotatable bonds is 2. The topological polar surface area (TPSA) is 66.0 Å². The maximum absolute atomic E-state index is 12.5. The molecule has 0 aliphatic rings. The second-order valence-electron chi connectivity index (χ2n) is 4.70. The van der Waals surface area contributed by atoms with Gasteiger partial charge in [0, 0.05) is 5.56 Å². The number of aromatic amines is 1. The molecule has 2 N–H and O–H groups in total. The molecule has 4 nitrogen and oxygen atoms in total. The van der Waals surface area contributed by atoms with Gasteiger partial charge in [0.1, 0.15) is 5.82 Å². The van der Waals surface area contributed by atoms with E-state index in [1.165, 1.54) is 24.3 Å². The van der Waals surface area contributed by atoms with Gasteiger partial charge in [-0.15, -0.1) is 0 Å². The third kappa shape index (κ3) is 2.52. The van der Waals surface area contributed by atoms with Gasteiger partial charge in [0.15, 0.2) is 0 Å². The van der Waals surface area contributed by atoms with Crippen molar-refractivity contribution in [2.75, 3.05) is 0 Å². The van der Waals surface area contributed by atoms with Crippen LogP contribution in [0.3, 0.4) is 0 Å². The summed E-state index contributed by atoms with van der Waals surface area (Å²) in [4.78, 5) is 18.1. The quantitative estimate of drug-likeness (QED) is 0.753. The monoisotopic (exact) mass is 306 g/mol. The van der Waals surface area contributed by atoms with Gasteiger partial charge in [-0.05, 0) is 30.3 Å². The van der Waals surface area contributed by atoms with E-state index in [1.807, 2.05) is 0 Å². The van der Waals surface area contributed by atoms with Gasteiger partial charge in [0.2, 0.25) is 0 Å². The molecule has 0 spiro atoms. The lowest BCUT2D eigenvalue weighted by atomic mass is 10.1. The molecule has 0 saturated heterocycles. The van der Waals surface area contributed by atoms with Gasteiger partial charge in [0.25, 0.3) is 0 Å². The fourth-order valence-corrected chi connectivity index (χ4v) is 2.10. The average molecular weight is 306 g/mol. The van der Waals surface area contributed by atoms with Gasteiger partial charge in [-0.2, -0.15) is 13.2 Å². The Morgan fingerprint density at radius 3 is 2.36 bits per heavy atom. The van der Waals surface area contributed by atoms with Gasteiger partial charge in [-0.1, -0.05) is 12.1 Å². The number of carboxylic acid groups (broad SMARTS) is 1. The number of carboxylic acids is 1. The van der Waals surface area contributed by atoms with Gasteiger partial charge in [-0.25, -0.2) is 9.78 Å². The van der Waals surface area contributed by atoms with E-state index in [-0.39, 0.29) is 5.56 Å². The lowest BCUT2D eigenvalue weighted by Crippen LogP contribution is -2.04. The molecule has 0 saturated carbocycles. The average Bonchev–Trinajstić information content (AvgIpc) is 2.89. The van der Waals surface area contributed by atoms with Crippen LogP contribution in [-0.2, 0) is 6.18 Å². The SMILES string of the molecule is O=C(O)c1ccc2nc(-c3ccc(C(F)(F)F)cc3)[nH]c2c1. The number of aromatic nitrogens is 2. The Labute approximate surface area is 122 Å². The Kier molecular flexibility index (Phi) is 3.13. The number of nitrogens with one attached hydrogen (secondary N) is 1. The first-order valence-electron chi connectivity index (χ1n) is 6.25. The molecule has 22 heavy (non-hydrogen) atoms. The standard InChI is InChI=1S/C15H9F3N2O2/c16-15(17,18)10-4-1-8(2-5-10)13-19-11-6-3-9(14(21)22)7-12(11)20-13/h1-7H,(H,19,20)(H,21,22). The molecule has 0 atom stereocenters. The highest BCUT2D eigenvalue weighted by Gasteiger charge is 2.30. The van der Waals surface area contributed by atoms with Crippen LogP contribution in [0.15, 0.2) is 42.5 Å². The van der Waals surface area contributed by atoms with E-state index < -0.39 is 17.7 Å². The van der Waals surface area contributed by atoms with Crippen molar-refractivity contribution >= 4 is 17.0 Å². The molecular formula is C15H9F3N2O2. The van der Waals surface area contributed by atoms with Crippen LogP contribution < -0.4 is 0 Å². The summed E-state index contributed by atoms with van der Waals surface area (Å²) in [5.41, 5.74) is 0.909. The van der Waals surface area contributed by atoms with E-state index in [4.69, 9.17) is 5.11 Å². The van der Waals surface area contributed by atoms with Crippen LogP contribution in [0.1, 0.15) is 15.9 Å². The summed E-state index contributed by atoms with van der Waals surface area (Å²) in [7, 11) is 0. The minimum absolute atomic E-state index is 0.107. The van der Waals surface area contributed by atoms with E-state index >= 15 is 0 Å². The largest absolute Gasteiger partial charge is 0.478 e. The first-order chi connectivity index (χ1) is 10.3. The van der Waals surface area contributed by atoms with E-state index in [9.17, 15) is 18.0 Å². The summed E-state index contributed by atoms with van der Waals surface area (Å²) < 4.78 is 37.6. The maximum atomic E-state index is 12.5. The molecule has 0 amide bonds. The Hall–Kier alpha value is -2.83. The summed E-state index contributed by atoms with van der Waals surface area (Å²) in [6.45, 7) is 0. The number of benzene rings is 2. The van der Waals surface area contributed by atoms with Crippen molar-refractivity contribution < 1.29 is 23.1 Å². The van der Waals surface area contributed by atoms with E-state index in [0.29, 0.717) is 22.4 Å². The minimum Gasteiger partial charge on any atom is -0.478 e. The summed E-state index contributed by atoms with van der Waals surface area (Å²) >= 11 is 0. The summed E-state index contributed by atoms with van der Waals surface area (Å²) in [6, 6.07) is 8.98. The zero-order valence-electron chi connectivity index (χ0n) is 11.0. The molecule has 0 fully saturated rings. The van der Waals surface area contributed by atoms with E-state index in [1.54, 1.807) is 6.07 Å². The highest BCUT2D eigenvalue weighted by Crippen LogP contribution is 2.30. The minimum atomic E-state index is -4.39. The number of H-pyrrole nitrogens is 1. The smallest absolute Gasteiger partial charge is 0.416 e. The number of hydrogen-bond acceptors (Lipinski definition) is 2. The number of alkyl halides is 3. The van der Waals surface area contributed by atoms with Crippen LogP contribution in [0, 0.1) is 0 Å². The van der Waals surface area contributed by atoms with Gasteiger partial charge in [0.05, 0.1) is 22.2 Å². The van der Waals surface area contributed by atoms with Gasteiger partial charge in [-0.3, -0.25) is 0 Å². The van der Waals surface area contributed by atoms with Crippen molar-refractivity contribution in [3.63, 3.8) is 0 Å².